The predicted molar refractivity (Wildman–Crippen MR) is 83.1 cm³/mol. The van der Waals surface area contributed by atoms with E-state index < -0.39 is 0 Å². The molecule has 1 fully saturated rings. The van der Waals surface area contributed by atoms with Gasteiger partial charge in [0.2, 0.25) is 0 Å². The van der Waals surface area contributed by atoms with Crippen LogP contribution in [0.1, 0.15) is 39.5 Å². The van der Waals surface area contributed by atoms with Gasteiger partial charge in [0.05, 0.1) is 24.2 Å². The van der Waals surface area contributed by atoms with Crippen molar-refractivity contribution in [1.82, 2.24) is 9.97 Å². The van der Waals surface area contributed by atoms with E-state index in [1.807, 2.05) is 12.4 Å². The average molecular weight is 270 g/mol. The summed E-state index contributed by atoms with van der Waals surface area (Å²) in [6.07, 6.45) is 9.28. The molecule has 2 N–H and O–H groups in total. The molecule has 4 heteroatoms. The third kappa shape index (κ3) is 1.63. The SMILES string of the molecule is CC1(C)CCCCC1N1CNc2cnc3[nH]ccc3c21. The summed E-state index contributed by atoms with van der Waals surface area (Å²) in [7, 11) is 0. The topological polar surface area (TPSA) is 44.0 Å². The smallest absolute Gasteiger partial charge is 0.139 e. The molecule has 1 atom stereocenters. The largest absolute Gasteiger partial charge is 0.365 e. The van der Waals surface area contributed by atoms with Crippen molar-refractivity contribution >= 4 is 22.4 Å². The number of hydrogen-bond acceptors (Lipinski definition) is 3. The molecule has 4 rings (SSSR count). The van der Waals surface area contributed by atoms with Crippen LogP contribution in [0, 0.1) is 5.41 Å². The molecule has 0 aromatic carbocycles. The second-order valence-corrected chi connectivity index (χ2v) is 6.82. The van der Waals surface area contributed by atoms with E-state index in [1.54, 1.807) is 0 Å². The van der Waals surface area contributed by atoms with Gasteiger partial charge in [0.25, 0.3) is 0 Å². The van der Waals surface area contributed by atoms with E-state index >= 15 is 0 Å². The first kappa shape index (κ1) is 12.1. The van der Waals surface area contributed by atoms with Gasteiger partial charge in [0.15, 0.2) is 0 Å². The van der Waals surface area contributed by atoms with E-state index in [-0.39, 0.29) is 0 Å². The quantitative estimate of drug-likeness (QED) is 0.830. The van der Waals surface area contributed by atoms with Crippen molar-refractivity contribution in [2.45, 2.75) is 45.6 Å². The van der Waals surface area contributed by atoms with Crippen LogP contribution < -0.4 is 10.2 Å². The minimum Gasteiger partial charge on any atom is -0.365 e. The Bertz CT molecular complexity index is 643. The number of hydrogen-bond donors (Lipinski definition) is 2. The zero-order valence-corrected chi connectivity index (χ0v) is 12.2. The Hall–Kier alpha value is -1.71. The van der Waals surface area contributed by atoms with E-state index in [2.05, 4.69) is 40.1 Å². The van der Waals surface area contributed by atoms with Gasteiger partial charge in [-0.1, -0.05) is 26.7 Å². The molecule has 2 aromatic rings. The van der Waals surface area contributed by atoms with Crippen molar-refractivity contribution in [1.29, 1.82) is 0 Å². The Morgan fingerprint density at radius 1 is 1.35 bits per heavy atom. The summed E-state index contributed by atoms with van der Waals surface area (Å²) in [6, 6.07) is 2.77. The number of aromatic nitrogens is 2. The van der Waals surface area contributed by atoms with Crippen molar-refractivity contribution in [3.05, 3.63) is 18.5 Å². The van der Waals surface area contributed by atoms with Gasteiger partial charge in [-0.15, -0.1) is 0 Å². The molecule has 4 nitrogen and oxygen atoms in total. The lowest BCUT2D eigenvalue weighted by Gasteiger charge is -2.44. The van der Waals surface area contributed by atoms with Crippen molar-refractivity contribution in [2.75, 3.05) is 16.9 Å². The summed E-state index contributed by atoms with van der Waals surface area (Å²) in [5.74, 6) is 0. The van der Waals surface area contributed by atoms with Gasteiger partial charge in [-0.2, -0.15) is 0 Å². The molecule has 0 saturated heterocycles. The molecule has 20 heavy (non-hydrogen) atoms. The fraction of sp³-hybridized carbons (Fsp3) is 0.562. The molecule has 1 aliphatic carbocycles. The Labute approximate surface area is 119 Å². The van der Waals surface area contributed by atoms with Gasteiger partial charge >= 0.3 is 0 Å². The van der Waals surface area contributed by atoms with Crippen LogP contribution in [0.15, 0.2) is 18.5 Å². The predicted octanol–water partition coefficient (Wildman–Crippen LogP) is 3.72. The molecule has 0 radical (unpaired) electrons. The van der Waals surface area contributed by atoms with Gasteiger partial charge in [0.1, 0.15) is 5.65 Å². The molecule has 0 bridgehead atoms. The maximum absolute atomic E-state index is 4.48. The van der Waals surface area contributed by atoms with Crippen LogP contribution in [0.2, 0.25) is 0 Å². The van der Waals surface area contributed by atoms with E-state index in [9.17, 15) is 0 Å². The first-order chi connectivity index (χ1) is 9.67. The molecule has 1 aliphatic heterocycles. The Kier molecular flexibility index (Phi) is 2.50. The third-order valence-corrected chi connectivity index (χ3v) is 5.11. The van der Waals surface area contributed by atoms with Crippen molar-refractivity contribution in [3.8, 4) is 0 Å². The lowest BCUT2D eigenvalue weighted by molar-refractivity contribution is 0.195. The Balaban J connectivity index is 1.81. The van der Waals surface area contributed by atoms with Gasteiger partial charge in [-0.05, 0) is 24.3 Å². The molecule has 1 unspecified atom stereocenters. The van der Waals surface area contributed by atoms with Crippen molar-refractivity contribution in [3.63, 3.8) is 0 Å². The van der Waals surface area contributed by atoms with Crippen LogP contribution in [-0.4, -0.2) is 22.7 Å². The van der Waals surface area contributed by atoms with Crippen LogP contribution in [-0.2, 0) is 0 Å². The number of fused-ring (bicyclic) bond motifs is 3. The molecule has 3 heterocycles. The molecule has 106 valence electrons. The molecule has 1 saturated carbocycles. The highest BCUT2D eigenvalue weighted by Gasteiger charge is 2.39. The number of pyridine rings is 1. The molecule has 2 aromatic heterocycles. The van der Waals surface area contributed by atoms with E-state index in [4.69, 9.17) is 0 Å². The minimum absolute atomic E-state index is 0.382. The summed E-state index contributed by atoms with van der Waals surface area (Å²) in [5.41, 5.74) is 3.90. The van der Waals surface area contributed by atoms with Crippen LogP contribution in [0.25, 0.3) is 11.0 Å². The normalized spacial score (nSPS) is 24.7. The fourth-order valence-electron chi connectivity index (χ4n) is 4.00. The first-order valence-electron chi connectivity index (χ1n) is 7.63. The molecular weight excluding hydrogens is 248 g/mol. The van der Waals surface area contributed by atoms with E-state index in [1.165, 1.54) is 42.4 Å². The molecule has 0 amide bonds. The maximum atomic E-state index is 4.48. The highest BCUT2D eigenvalue weighted by Crippen LogP contribution is 2.45. The minimum atomic E-state index is 0.382. The van der Waals surface area contributed by atoms with Gasteiger partial charge in [-0.3, -0.25) is 0 Å². The highest BCUT2D eigenvalue weighted by molar-refractivity contribution is 5.98. The zero-order chi connectivity index (χ0) is 13.7. The van der Waals surface area contributed by atoms with Gasteiger partial charge in [-0.25, -0.2) is 4.98 Å². The second-order valence-electron chi connectivity index (χ2n) is 6.82. The molecular formula is C16H22N4. The maximum Gasteiger partial charge on any atom is 0.139 e. The fourth-order valence-corrected chi connectivity index (χ4v) is 4.00. The van der Waals surface area contributed by atoms with E-state index in [0.717, 1.165) is 12.3 Å². The number of aromatic amines is 1. The van der Waals surface area contributed by atoms with Crippen LogP contribution in [0.5, 0.6) is 0 Å². The number of nitrogens with one attached hydrogen (secondary N) is 2. The van der Waals surface area contributed by atoms with Gasteiger partial charge < -0.3 is 15.2 Å². The Morgan fingerprint density at radius 3 is 3.10 bits per heavy atom. The summed E-state index contributed by atoms with van der Waals surface area (Å²) < 4.78 is 0. The summed E-state index contributed by atoms with van der Waals surface area (Å²) in [4.78, 5) is 10.3. The number of rotatable bonds is 1. The van der Waals surface area contributed by atoms with Crippen molar-refractivity contribution < 1.29 is 0 Å². The first-order valence-corrected chi connectivity index (χ1v) is 7.63. The highest BCUT2D eigenvalue weighted by atomic mass is 15.3. The molecule has 0 spiro atoms. The average Bonchev–Trinajstić information content (AvgIpc) is 3.03. The standard InChI is InChI=1S/C16H22N4/c1-16(2)7-4-3-5-13(16)20-10-19-12-9-18-15-11(14(12)20)6-8-17-15/h6,8-9,13,19H,3-5,7,10H2,1-2H3,(H,17,18). The van der Waals surface area contributed by atoms with E-state index in [0.29, 0.717) is 11.5 Å². The molecule has 2 aliphatic rings. The monoisotopic (exact) mass is 270 g/mol. The lowest BCUT2D eigenvalue weighted by atomic mass is 9.72. The van der Waals surface area contributed by atoms with Crippen molar-refractivity contribution in [2.24, 2.45) is 5.41 Å². The second kappa shape index (κ2) is 4.14. The number of nitrogens with zero attached hydrogens (tertiary/aromatic N) is 2. The number of anilines is 2. The Morgan fingerprint density at radius 2 is 2.25 bits per heavy atom. The lowest BCUT2D eigenvalue weighted by Crippen LogP contribution is -2.47. The van der Waals surface area contributed by atoms with Gasteiger partial charge in [0, 0.05) is 17.6 Å². The summed E-state index contributed by atoms with van der Waals surface area (Å²) >= 11 is 0. The third-order valence-electron chi connectivity index (χ3n) is 5.11. The summed E-state index contributed by atoms with van der Waals surface area (Å²) in [5, 5.41) is 4.76. The van der Waals surface area contributed by atoms with Crippen LogP contribution in [0.4, 0.5) is 11.4 Å². The zero-order valence-electron chi connectivity index (χ0n) is 12.2. The number of H-pyrrole nitrogens is 1. The van der Waals surface area contributed by atoms with Crippen LogP contribution >= 0.6 is 0 Å². The van der Waals surface area contributed by atoms with Crippen LogP contribution in [0.3, 0.4) is 0 Å². The summed E-state index contributed by atoms with van der Waals surface area (Å²) in [6.45, 7) is 5.75.